The van der Waals surface area contributed by atoms with Crippen LogP contribution in [0.25, 0.3) is 0 Å². The highest BCUT2D eigenvalue weighted by molar-refractivity contribution is 5.74. The number of hydrogen-bond donors (Lipinski definition) is 1. The number of carbonyl (C=O) groups is 1. The van der Waals surface area contributed by atoms with Crippen LogP contribution in [0, 0.1) is 0 Å². The fraction of sp³-hybridized carbons (Fsp3) is 0.500. The van der Waals surface area contributed by atoms with Crippen molar-refractivity contribution >= 4 is 5.97 Å². The molecule has 0 aliphatic carbocycles. The van der Waals surface area contributed by atoms with Crippen molar-refractivity contribution in [1.29, 1.82) is 0 Å². The van der Waals surface area contributed by atoms with Crippen molar-refractivity contribution < 1.29 is 19.0 Å². The molecule has 0 aliphatic heterocycles. The topological polar surface area (TPSA) is 70.8 Å². The van der Waals surface area contributed by atoms with Crippen LogP contribution >= 0.6 is 0 Å². The molecule has 19 heavy (non-hydrogen) atoms. The fourth-order valence-corrected chi connectivity index (χ4v) is 1.62. The molecule has 5 nitrogen and oxygen atoms in total. The second-order valence-electron chi connectivity index (χ2n) is 4.20. The molecule has 1 aromatic carbocycles. The Labute approximate surface area is 113 Å². The van der Waals surface area contributed by atoms with E-state index >= 15 is 0 Å². The summed E-state index contributed by atoms with van der Waals surface area (Å²) in [5.41, 5.74) is 6.70. The van der Waals surface area contributed by atoms with E-state index < -0.39 is 12.1 Å². The highest BCUT2D eigenvalue weighted by Crippen LogP contribution is 2.29. The third kappa shape index (κ3) is 4.13. The van der Waals surface area contributed by atoms with E-state index in [9.17, 15) is 4.79 Å². The number of carbonyl (C=O) groups excluding carboxylic acids is 1. The molecular weight excluding hydrogens is 246 g/mol. The van der Waals surface area contributed by atoms with E-state index in [1.54, 1.807) is 33.1 Å². The van der Waals surface area contributed by atoms with Crippen LogP contribution < -0.4 is 15.2 Å². The Hall–Kier alpha value is -1.75. The molecule has 0 saturated carbocycles. The van der Waals surface area contributed by atoms with Gasteiger partial charge >= 0.3 is 5.97 Å². The summed E-state index contributed by atoms with van der Waals surface area (Å²) >= 11 is 0. The number of esters is 1. The van der Waals surface area contributed by atoms with Gasteiger partial charge in [-0.3, -0.25) is 0 Å². The standard InChI is InChI=1S/C14H21NO4/c1-5-18-14(16)10(3)19-13-8-11(17-4)6-7-12(13)9(2)15/h6-10H,5,15H2,1-4H3/t9-,10?/m0/s1. The molecule has 0 amide bonds. The lowest BCUT2D eigenvalue weighted by Crippen LogP contribution is -2.26. The van der Waals surface area contributed by atoms with Crippen molar-refractivity contribution in [1.82, 2.24) is 0 Å². The van der Waals surface area contributed by atoms with E-state index in [0.717, 1.165) is 5.56 Å². The van der Waals surface area contributed by atoms with E-state index in [4.69, 9.17) is 19.9 Å². The van der Waals surface area contributed by atoms with Crippen molar-refractivity contribution in [2.24, 2.45) is 5.73 Å². The van der Waals surface area contributed by atoms with Crippen molar-refractivity contribution in [3.8, 4) is 11.5 Å². The van der Waals surface area contributed by atoms with E-state index in [1.807, 2.05) is 13.0 Å². The van der Waals surface area contributed by atoms with Crippen LogP contribution in [0.4, 0.5) is 0 Å². The first-order valence-corrected chi connectivity index (χ1v) is 6.26. The average molecular weight is 267 g/mol. The summed E-state index contributed by atoms with van der Waals surface area (Å²) in [4.78, 5) is 11.6. The van der Waals surface area contributed by atoms with Crippen molar-refractivity contribution in [3.63, 3.8) is 0 Å². The Morgan fingerprint density at radius 3 is 2.58 bits per heavy atom. The van der Waals surface area contributed by atoms with Gasteiger partial charge in [-0.25, -0.2) is 4.79 Å². The quantitative estimate of drug-likeness (QED) is 0.799. The molecule has 0 fully saturated rings. The van der Waals surface area contributed by atoms with Gasteiger partial charge in [0.1, 0.15) is 11.5 Å². The van der Waals surface area contributed by atoms with Gasteiger partial charge in [0.05, 0.1) is 13.7 Å². The first-order chi connectivity index (χ1) is 8.99. The molecule has 1 rings (SSSR count). The fourth-order valence-electron chi connectivity index (χ4n) is 1.62. The van der Waals surface area contributed by atoms with Gasteiger partial charge < -0.3 is 19.9 Å². The van der Waals surface area contributed by atoms with Gasteiger partial charge in [0.2, 0.25) is 0 Å². The molecule has 0 aromatic heterocycles. The normalized spacial score (nSPS) is 13.5. The van der Waals surface area contributed by atoms with Gasteiger partial charge in [0.15, 0.2) is 6.10 Å². The number of hydrogen-bond acceptors (Lipinski definition) is 5. The molecule has 2 atom stereocenters. The van der Waals surface area contributed by atoms with Crippen LogP contribution in [-0.2, 0) is 9.53 Å². The smallest absolute Gasteiger partial charge is 0.347 e. The van der Waals surface area contributed by atoms with Crippen molar-refractivity contribution in [2.45, 2.75) is 32.9 Å². The number of ether oxygens (including phenoxy) is 3. The molecule has 0 saturated heterocycles. The second-order valence-corrected chi connectivity index (χ2v) is 4.20. The molecule has 1 unspecified atom stereocenters. The van der Waals surface area contributed by atoms with Gasteiger partial charge in [-0.15, -0.1) is 0 Å². The molecule has 1 aromatic rings. The van der Waals surface area contributed by atoms with E-state index in [-0.39, 0.29) is 6.04 Å². The van der Waals surface area contributed by atoms with E-state index in [1.165, 1.54) is 0 Å². The average Bonchev–Trinajstić information content (AvgIpc) is 2.38. The lowest BCUT2D eigenvalue weighted by molar-refractivity contribution is -0.150. The van der Waals surface area contributed by atoms with Crippen LogP contribution in [0.1, 0.15) is 32.4 Å². The van der Waals surface area contributed by atoms with Gasteiger partial charge in [-0.1, -0.05) is 6.07 Å². The Bertz CT molecular complexity index is 431. The van der Waals surface area contributed by atoms with Gasteiger partial charge in [-0.05, 0) is 26.8 Å². The van der Waals surface area contributed by atoms with Crippen LogP contribution in [0.15, 0.2) is 18.2 Å². The third-order valence-corrected chi connectivity index (χ3v) is 2.63. The summed E-state index contributed by atoms with van der Waals surface area (Å²) in [6.07, 6.45) is -0.690. The molecule has 0 heterocycles. The third-order valence-electron chi connectivity index (χ3n) is 2.63. The van der Waals surface area contributed by atoms with Crippen LogP contribution in [-0.4, -0.2) is 25.8 Å². The molecule has 0 radical (unpaired) electrons. The summed E-state index contributed by atoms with van der Waals surface area (Å²) in [5, 5.41) is 0. The maximum Gasteiger partial charge on any atom is 0.347 e. The number of benzene rings is 1. The predicted molar refractivity (Wildman–Crippen MR) is 72.3 cm³/mol. The van der Waals surface area contributed by atoms with Crippen molar-refractivity contribution in [2.75, 3.05) is 13.7 Å². The van der Waals surface area contributed by atoms with Crippen molar-refractivity contribution in [3.05, 3.63) is 23.8 Å². The molecule has 5 heteroatoms. The first-order valence-electron chi connectivity index (χ1n) is 6.26. The lowest BCUT2D eigenvalue weighted by atomic mass is 10.1. The largest absolute Gasteiger partial charge is 0.497 e. The summed E-state index contributed by atoms with van der Waals surface area (Å²) in [6.45, 7) is 5.57. The maximum atomic E-state index is 11.6. The minimum Gasteiger partial charge on any atom is -0.497 e. The molecule has 0 spiro atoms. The molecule has 2 N–H and O–H groups in total. The summed E-state index contributed by atoms with van der Waals surface area (Å²) in [5.74, 6) is 0.784. The molecule has 0 aliphatic rings. The van der Waals surface area contributed by atoms with Crippen LogP contribution in [0.2, 0.25) is 0 Å². The zero-order valence-electron chi connectivity index (χ0n) is 11.8. The number of nitrogens with two attached hydrogens (primary N) is 1. The van der Waals surface area contributed by atoms with E-state index in [0.29, 0.717) is 18.1 Å². The lowest BCUT2D eigenvalue weighted by Gasteiger charge is -2.18. The van der Waals surface area contributed by atoms with Crippen LogP contribution in [0.5, 0.6) is 11.5 Å². The maximum absolute atomic E-state index is 11.6. The minimum absolute atomic E-state index is 0.199. The number of methoxy groups -OCH3 is 1. The monoisotopic (exact) mass is 267 g/mol. The Morgan fingerprint density at radius 2 is 2.05 bits per heavy atom. The van der Waals surface area contributed by atoms with Crippen LogP contribution in [0.3, 0.4) is 0 Å². The van der Waals surface area contributed by atoms with Gasteiger partial charge in [0, 0.05) is 17.7 Å². The van der Waals surface area contributed by atoms with Gasteiger partial charge in [0.25, 0.3) is 0 Å². The zero-order valence-corrected chi connectivity index (χ0v) is 11.8. The SMILES string of the molecule is CCOC(=O)C(C)Oc1cc(OC)ccc1[C@H](C)N. The Kier molecular flexibility index (Phi) is 5.63. The molecule has 0 bridgehead atoms. The molecule has 106 valence electrons. The minimum atomic E-state index is -0.690. The Morgan fingerprint density at radius 1 is 1.37 bits per heavy atom. The second kappa shape index (κ2) is 6.99. The summed E-state index contributed by atoms with van der Waals surface area (Å²) < 4.78 is 15.7. The van der Waals surface area contributed by atoms with Gasteiger partial charge in [-0.2, -0.15) is 0 Å². The predicted octanol–water partition coefficient (Wildman–Crippen LogP) is 2.05. The summed E-state index contributed by atoms with van der Waals surface area (Å²) in [6, 6.07) is 5.15. The highest BCUT2D eigenvalue weighted by atomic mass is 16.6. The first kappa shape index (κ1) is 15.3. The molecular formula is C14H21NO4. The summed E-state index contributed by atoms with van der Waals surface area (Å²) in [7, 11) is 1.57. The number of rotatable bonds is 6. The zero-order chi connectivity index (χ0) is 14.4. The Balaban J connectivity index is 2.94. The highest BCUT2D eigenvalue weighted by Gasteiger charge is 2.19. The van der Waals surface area contributed by atoms with E-state index in [2.05, 4.69) is 0 Å².